The highest BCUT2D eigenvalue weighted by Gasteiger charge is 2.56. The largest absolute Gasteiger partial charge is 0.0704 e. The summed E-state index contributed by atoms with van der Waals surface area (Å²) < 4.78 is 0. The van der Waals surface area contributed by atoms with E-state index in [4.69, 9.17) is 0 Å². The van der Waals surface area contributed by atoms with Crippen molar-refractivity contribution in [3.05, 3.63) is 11.1 Å². The molecule has 3 aliphatic carbocycles. The first-order valence-corrected chi connectivity index (χ1v) is 8.71. The molecule has 0 heterocycles. The van der Waals surface area contributed by atoms with Gasteiger partial charge in [-0.25, -0.2) is 0 Å². The van der Waals surface area contributed by atoms with E-state index in [9.17, 15) is 0 Å². The van der Waals surface area contributed by atoms with E-state index in [0.29, 0.717) is 10.8 Å². The Hall–Kier alpha value is -0.260. The summed E-state index contributed by atoms with van der Waals surface area (Å²) in [6, 6.07) is 0. The summed E-state index contributed by atoms with van der Waals surface area (Å²) >= 11 is 0. The SMILES string of the molecule is CCC1(C(C)(C)C)C2CCCC1C1=C(CCCC1)C2. The zero-order chi connectivity index (χ0) is 13.7. The third kappa shape index (κ3) is 1.85. The van der Waals surface area contributed by atoms with Gasteiger partial charge in [0.15, 0.2) is 0 Å². The van der Waals surface area contributed by atoms with E-state index < -0.39 is 0 Å². The van der Waals surface area contributed by atoms with Gasteiger partial charge >= 0.3 is 0 Å². The van der Waals surface area contributed by atoms with Crippen molar-refractivity contribution in [3.8, 4) is 0 Å². The van der Waals surface area contributed by atoms with Gasteiger partial charge in [-0.1, -0.05) is 45.3 Å². The molecule has 0 spiro atoms. The van der Waals surface area contributed by atoms with Gasteiger partial charge in [0, 0.05) is 0 Å². The normalized spacial score (nSPS) is 39.2. The van der Waals surface area contributed by atoms with Crippen molar-refractivity contribution in [2.75, 3.05) is 0 Å². The highest BCUT2D eigenvalue weighted by atomic mass is 14.6. The third-order valence-electron chi connectivity index (χ3n) is 6.92. The lowest BCUT2D eigenvalue weighted by Crippen LogP contribution is -2.53. The van der Waals surface area contributed by atoms with Crippen molar-refractivity contribution >= 4 is 0 Å². The Morgan fingerprint density at radius 1 is 1.05 bits per heavy atom. The summed E-state index contributed by atoms with van der Waals surface area (Å²) in [5.74, 6) is 1.91. The molecule has 2 bridgehead atoms. The number of rotatable bonds is 1. The number of fused-ring (bicyclic) bond motifs is 3. The minimum absolute atomic E-state index is 0.466. The van der Waals surface area contributed by atoms with Crippen LogP contribution in [0.1, 0.15) is 85.5 Å². The van der Waals surface area contributed by atoms with Gasteiger partial charge in [-0.2, -0.15) is 0 Å². The second kappa shape index (κ2) is 4.64. The predicted molar refractivity (Wildman–Crippen MR) is 83.1 cm³/mol. The van der Waals surface area contributed by atoms with Crippen molar-refractivity contribution in [2.24, 2.45) is 22.7 Å². The molecule has 0 aromatic carbocycles. The second-order valence-corrected chi connectivity index (χ2v) is 8.36. The molecule has 0 radical (unpaired) electrons. The average molecular weight is 260 g/mol. The van der Waals surface area contributed by atoms with E-state index in [1.807, 2.05) is 11.1 Å². The van der Waals surface area contributed by atoms with E-state index >= 15 is 0 Å². The fraction of sp³-hybridized carbons (Fsp3) is 0.895. The molecule has 1 fully saturated rings. The van der Waals surface area contributed by atoms with E-state index in [1.165, 1.54) is 57.8 Å². The molecular formula is C19H32. The van der Waals surface area contributed by atoms with Crippen molar-refractivity contribution in [2.45, 2.75) is 85.5 Å². The fourth-order valence-electron chi connectivity index (χ4n) is 6.28. The highest BCUT2D eigenvalue weighted by molar-refractivity contribution is 5.29. The van der Waals surface area contributed by atoms with Crippen molar-refractivity contribution in [1.29, 1.82) is 0 Å². The Bertz CT molecular complexity index is 381. The van der Waals surface area contributed by atoms with E-state index in [2.05, 4.69) is 27.7 Å². The van der Waals surface area contributed by atoms with Crippen LogP contribution < -0.4 is 0 Å². The minimum atomic E-state index is 0.466. The van der Waals surface area contributed by atoms with Crippen LogP contribution in [-0.4, -0.2) is 0 Å². The van der Waals surface area contributed by atoms with Crippen LogP contribution in [0.2, 0.25) is 0 Å². The quantitative estimate of drug-likeness (QED) is 0.498. The number of hydrogen-bond donors (Lipinski definition) is 0. The number of allylic oxidation sites excluding steroid dienone is 2. The molecule has 1 saturated carbocycles. The van der Waals surface area contributed by atoms with Gasteiger partial charge in [0.1, 0.15) is 0 Å². The average Bonchev–Trinajstić information content (AvgIpc) is 2.36. The van der Waals surface area contributed by atoms with Crippen molar-refractivity contribution in [1.82, 2.24) is 0 Å². The number of hydrogen-bond acceptors (Lipinski definition) is 0. The third-order valence-corrected chi connectivity index (χ3v) is 6.92. The molecule has 3 aliphatic rings. The van der Waals surface area contributed by atoms with Gasteiger partial charge in [-0.3, -0.25) is 0 Å². The van der Waals surface area contributed by atoms with Crippen LogP contribution in [0.25, 0.3) is 0 Å². The maximum absolute atomic E-state index is 2.52. The summed E-state index contributed by atoms with van der Waals surface area (Å²) in [6.45, 7) is 10.0. The Kier molecular flexibility index (Phi) is 3.35. The Labute approximate surface area is 120 Å². The lowest BCUT2D eigenvalue weighted by atomic mass is 9.43. The Balaban J connectivity index is 2.09. The lowest BCUT2D eigenvalue weighted by Gasteiger charge is -2.61. The van der Waals surface area contributed by atoms with E-state index in [0.717, 1.165) is 11.8 Å². The maximum atomic E-state index is 2.52. The second-order valence-electron chi connectivity index (χ2n) is 8.36. The summed E-state index contributed by atoms with van der Waals surface area (Å²) in [5, 5.41) is 0. The Morgan fingerprint density at radius 3 is 2.47 bits per heavy atom. The molecule has 19 heavy (non-hydrogen) atoms. The molecular weight excluding hydrogens is 228 g/mol. The predicted octanol–water partition coefficient (Wildman–Crippen LogP) is 6.12. The van der Waals surface area contributed by atoms with E-state index in [-0.39, 0.29) is 0 Å². The summed E-state index contributed by atoms with van der Waals surface area (Å²) in [4.78, 5) is 0. The van der Waals surface area contributed by atoms with Crippen LogP contribution in [-0.2, 0) is 0 Å². The van der Waals surface area contributed by atoms with Gasteiger partial charge < -0.3 is 0 Å². The van der Waals surface area contributed by atoms with Crippen molar-refractivity contribution in [3.63, 3.8) is 0 Å². The summed E-state index contributed by atoms with van der Waals surface area (Å²) in [6.07, 6.45) is 13.1. The molecule has 0 aliphatic heterocycles. The van der Waals surface area contributed by atoms with Crippen LogP contribution in [0.15, 0.2) is 11.1 Å². The van der Waals surface area contributed by atoms with Crippen LogP contribution >= 0.6 is 0 Å². The molecule has 0 heteroatoms. The van der Waals surface area contributed by atoms with Crippen LogP contribution in [0.4, 0.5) is 0 Å². The summed E-state index contributed by atoms with van der Waals surface area (Å²) in [5.41, 5.74) is 4.92. The smallest absolute Gasteiger partial charge is 0.0136 e. The van der Waals surface area contributed by atoms with Gasteiger partial charge in [-0.15, -0.1) is 0 Å². The first-order valence-electron chi connectivity index (χ1n) is 8.71. The molecule has 0 amide bonds. The first kappa shape index (κ1) is 13.7. The van der Waals surface area contributed by atoms with E-state index in [1.54, 1.807) is 0 Å². The van der Waals surface area contributed by atoms with Gasteiger partial charge in [0.05, 0.1) is 0 Å². The molecule has 3 unspecified atom stereocenters. The maximum Gasteiger partial charge on any atom is -0.0136 e. The van der Waals surface area contributed by atoms with Gasteiger partial charge in [0.2, 0.25) is 0 Å². The molecule has 0 N–H and O–H groups in total. The molecule has 108 valence electrons. The zero-order valence-corrected chi connectivity index (χ0v) is 13.5. The van der Waals surface area contributed by atoms with Crippen molar-refractivity contribution < 1.29 is 0 Å². The molecule has 0 saturated heterocycles. The van der Waals surface area contributed by atoms with Gasteiger partial charge in [0.25, 0.3) is 0 Å². The molecule has 3 rings (SSSR count). The molecule has 3 atom stereocenters. The summed E-state index contributed by atoms with van der Waals surface area (Å²) in [7, 11) is 0. The Morgan fingerprint density at radius 2 is 1.79 bits per heavy atom. The monoisotopic (exact) mass is 260 g/mol. The minimum Gasteiger partial charge on any atom is -0.0704 e. The van der Waals surface area contributed by atoms with Crippen LogP contribution in [0.3, 0.4) is 0 Å². The van der Waals surface area contributed by atoms with Gasteiger partial charge in [-0.05, 0) is 74.0 Å². The lowest BCUT2D eigenvalue weighted by molar-refractivity contribution is -0.0759. The molecule has 0 nitrogen and oxygen atoms in total. The van der Waals surface area contributed by atoms with Crippen LogP contribution in [0, 0.1) is 22.7 Å². The standard InChI is InChI=1S/C19H32/c1-5-19(18(2,3)4)15-10-8-12-17(19)16-11-7-6-9-14(16)13-15/h15,17H,5-13H2,1-4H3. The fourth-order valence-corrected chi connectivity index (χ4v) is 6.28. The molecule has 0 aromatic rings. The first-order chi connectivity index (χ1) is 9.00. The topological polar surface area (TPSA) is 0 Å². The van der Waals surface area contributed by atoms with Crippen LogP contribution in [0.5, 0.6) is 0 Å². The molecule has 0 aromatic heterocycles. The highest BCUT2D eigenvalue weighted by Crippen LogP contribution is 2.65. The zero-order valence-electron chi connectivity index (χ0n) is 13.5.